The van der Waals surface area contributed by atoms with Gasteiger partial charge >= 0.3 is 10.4 Å². The summed E-state index contributed by atoms with van der Waals surface area (Å²) in [5.41, 5.74) is 0. The van der Waals surface area contributed by atoms with Crippen LogP contribution in [0.3, 0.4) is 0 Å². The van der Waals surface area contributed by atoms with E-state index in [2.05, 4.69) is 21.0 Å². The Kier molecular flexibility index (Phi) is 1.10. The highest BCUT2D eigenvalue weighted by Crippen LogP contribution is 2.32. The molecule has 8 heavy (non-hydrogen) atoms. The molecule has 1 aliphatic rings. The molecule has 1 rings (SSSR count). The second-order valence-corrected chi connectivity index (χ2v) is 3.43. The molecule has 0 atom stereocenters. The van der Waals surface area contributed by atoms with Gasteiger partial charge in [-0.3, -0.25) is 0 Å². The van der Waals surface area contributed by atoms with Crippen LogP contribution >= 0.6 is 12.6 Å². The fraction of sp³-hybridized carbons (Fsp3) is 1.00. The molecule has 1 heterocycles. The molecule has 0 radical (unpaired) electrons. The zero-order valence-corrected chi connectivity index (χ0v) is 5.70. The molecule has 1 aliphatic heterocycles. The van der Waals surface area contributed by atoms with Gasteiger partial charge < -0.3 is 0 Å². The van der Waals surface area contributed by atoms with Gasteiger partial charge in [0.2, 0.25) is 0 Å². The van der Waals surface area contributed by atoms with Gasteiger partial charge in [-0.05, 0) is 0 Å². The summed E-state index contributed by atoms with van der Waals surface area (Å²) in [4.78, 5) is 0. The van der Waals surface area contributed by atoms with Crippen molar-refractivity contribution in [2.75, 3.05) is 0 Å². The van der Waals surface area contributed by atoms with Crippen LogP contribution in [0.2, 0.25) is 0 Å². The Labute approximate surface area is 52.5 Å². The number of rotatable bonds is 0. The highest BCUT2D eigenvalue weighted by molar-refractivity contribution is 7.88. The van der Waals surface area contributed by atoms with E-state index in [0.29, 0.717) is 0 Å². The van der Waals surface area contributed by atoms with E-state index in [0.717, 1.165) is 0 Å². The lowest BCUT2D eigenvalue weighted by Gasteiger charge is -2.30. The lowest BCUT2D eigenvalue weighted by molar-refractivity contribution is -0.0945. The van der Waals surface area contributed by atoms with E-state index in [1.807, 2.05) is 0 Å². The van der Waals surface area contributed by atoms with Crippen LogP contribution in [0.1, 0.15) is 6.92 Å². The van der Waals surface area contributed by atoms with E-state index < -0.39 is 15.5 Å². The van der Waals surface area contributed by atoms with Crippen molar-refractivity contribution in [2.24, 2.45) is 0 Å². The minimum Gasteiger partial charge on any atom is -0.202 e. The van der Waals surface area contributed by atoms with E-state index in [1.54, 1.807) is 0 Å². The molecule has 0 N–H and O–H groups in total. The Morgan fingerprint density at radius 1 is 1.50 bits per heavy atom. The fourth-order valence-electron chi connectivity index (χ4n) is 0.385. The third-order valence-corrected chi connectivity index (χ3v) is 1.99. The summed E-state index contributed by atoms with van der Waals surface area (Å²) in [6.45, 7) is 1.39. The zero-order valence-electron chi connectivity index (χ0n) is 3.99. The third-order valence-electron chi connectivity index (χ3n) is 0.513. The lowest BCUT2D eigenvalue weighted by atomic mass is 10.8. The molecule has 0 spiro atoms. The topological polar surface area (TPSA) is 52.6 Å². The van der Waals surface area contributed by atoms with Gasteiger partial charge in [-0.1, -0.05) is 0 Å². The molecule has 0 bridgehead atoms. The summed E-state index contributed by atoms with van der Waals surface area (Å²) in [6.07, 6.45) is 0. The molecule has 0 aromatic carbocycles. The molecule has 0 saturated carbocycles. The van der Waals surface area contributed by atoms with Crippen LogP contribution in [0.4, 0.5) is 0 Å². The van der Waals surface area contributed by atoms with Gasteiger partial charge in [0, 0.05) is 6.92 Å². The number of hydrogen-bond donors (Lipinski definition) is 1. The maximum Gasteiger partial charge on any atom is 0.406 e. The molecular formula is C2H4O4S2. The molecule has 0 aromatic rings. The predicted octanol–water partition coefficient (Wildman–Crippen LogP) is -0.118. The van der Waals surface area contributed by atoms with Crippen molar-refractivity contribution in [1.82, 2.24) is 0 Å². The Morgan fingerprint density at radius 3 is 1.88 bits per heavy atom. The monoisotopic (exact) mass is 156 g/mol. The molecule has 0 aliphatic carbocycles. The van der Waals surface area contributed by atoms with E-state index in [-0.39, 0.29) is 0 Å². The Hall–Kier alpha value is 0.220. The first-order valence-corrected chi connectivity index (χ1v) is 3.58. The molecule has 0 amide bonds. The lowest BCUT2D eigenvalue weighted by Crippen LogP contribution is -2.42. The maximum atomic E-state index is 10.0. The van der Waals surface area contributed by atoms with Gasteiger partial charge in [0.25, 0.3) is 5.12 Å². The Morgan fingerprint density at radius 2 is 1.88 bits per heavy atom. The third kappa shape index (κ3) is 1.13. The van der Waals surface area contributed by atoms with Crippen LogP contribution in [0.25, 0.3) is 0 Å². The highest BCUT2D eigenvalue weighted by Gasteiger charge is 2.45. The molecule has 4 nitrogen and oxygen atoms in total. The van der Waals surface area contributed by atoms with E-state index >= 15 is 0 Å². The minimum absolute atomic E-state index is 1.24. The van der Waals surface area contributed by atoms with Crippen LogP contribution in [0.5, 0.6) is 0 Å². The van der Waals surface area contributed by atoms with Crippen molar-refractivity contribution in [1.29, 1.82) is 0 Å². The van der Waals surface area contributed by atoms with Crippen molar-refractivity contribution in [3.8, 4) is 0 Å². The quantitative estimate of drug-likeness (QED) is 0.497. The average molecular weight is 156 g/mol. The zero-order chi connectivity index (χ0) is 6.41. The summed E-state index contributed by atoms with van der Waals surface area (Å²) in [6, 6.07) is 0. The summed E-state index contributed by atoms with van der Waals surface area (Å²) in [5.74, 6) is 0. The summed E-state index contributed by atoms with van der Waals surface area (Å²) < 4.78 is 28.3. The number of hydrogen-bond acceptors (Lipinski definition) is 5. The first-order chi connectivity index (χ1) is 3.41. The molecule has 0 unspecified atom stereocenters. The van der Waals surface area contributed by atoms with Crippen molar-refractivity contribution in [3.05, 3.63) is 0 Å². The van der Waals surface area contributed by atoms with Crippen LogP contribution in [0, 0.1) is 0 Å². The number of thiol groups is 1. The van der Waals surface area contributed by atoms with E-state index in [1.165, 1.54) is 6.92 Å². The minimum atomic E-state index is -3.67. The van der Waals surface area contributed by atoms with E-state index in [9.17, 15) is 8.42 Å². The average Bonchev–Trinajstić information content (AvgIpc) is 1.20. The van der Waals surface area contributed by atoms with Crippen LogP contribution in [-0.4, -0.2) is 13.5 Å². The van der Waals surface area contributed by atoms with Crippen molar-refractivity contribution < 1.29 is 16.8 Å². The summed E-state index contributed by atoms with van der Waals surface area (Å²) in [5, 5.41) is -1.24. The smallest absolute Gasteiger partial charge is 0.202 e. The van der Waals surface area contributed by atoms with Gasteiger partial charge in [0.15, 0.2) is 0 Å². The normalized spacial score (nSPS) is 31.2. The largest absolute Gasteiger partial charge is 0.406 e. The Bertz CT molecular complexity index is 176. The predicted molar refractivity (Wildman–Crippen MR) is 28.5 cm³/mol. The SMILES string of the molecule is CC1(S)OS(=O)(=O)O1. The molecule has 48 valence electrons. The van der Waals surface area contributed by atoms with Crippen LogP contribution < -0.4 is 0 Å². The fourth-order valence-corrected chi connectivity index (χ4v) is 1.70. The second-order valence-electron chi connectivity index (χ2n) is 1.47. The maximum absolute atomic E-state index is 10.0. The van der Waals surface area contributed by atoms with Gasteiger partial charge in [0.05, 0.1) is 0 Å². The molecular weight excluding hydrogens is 152 g/mol. The van der Waals surface area contributed by atoms with Gasteiger partial charge in [-0.15, -0.1) is 12.6 Å². The second kappa shape index (κ2) is 1.38. The molecule has 0 aromatic heterocycles. The van der Waals surface area contributed by atoms with Crippen LogP contribution in [-0.2, 0) is 18.8 Å². The standard InChI is InChI=1S/C2H4O4S2/c1-2(7)5-8(3,4)6-2/h7H,1H3. The van der Waals surface area contributed by atoms with Gasteiger partial charge in [0.1, 0.15) is 0 Å². The highest BCUT2D eigenvalue weighted by atomic mass is 32.3. The Balaban J connectivity index is 2.68. The van der Waals surface area contributed by atoms with E-state index in [4.69, 9.17) is 0 Å². The van der Waals surface area contributed by atoms with Crippen molar-refractivity contribution in [2.45, 2.75) is 12.0 Å². The first kappa shape index (κ1) is 6.34. The molecule has 1 saturated heterocycles. The first-order valence-electron chi connectivity index (χ1n) is 1.80. The van der Waals surface area contributed by atoms with Crippen LogP contribution in [0.15, 0.2) is 0 Å². The summed E-state index contributed by atoms with van der Waals surface area (Å²) >= 11 is 3.63. The van der Waals surface area contributed by atoms with Gasteiger partial charge in [-0.2, -0.15) is 8.42 Å². The van der Waals surface area contributed by atoms with Crippen molar-refractivity contribution in [3.63, 3.8) is 0 Å². The summed E-state index contributed by atoms with van der Waals surface area (Å²) in [7, 11) is -3.67. The van der Waals surface area contributed by atoms with Gasteiger partial charge in [-0.25, -0.2) is 8.37 Å². The molecule has 1 fully saturated rings. The molecule has 6 heteroatoms. The van der Waals surface area contributed by atoms with Crippen molar-refractivity contribution >= 4 is 23.0 Å².